The van der Waals surface area contributed by atoms with Crippen molar-refractivity contribution in [2.24, 2.45) is 5.92 Å². The van der Waals surface area contributed by atoms with Crippen molar-refractivity contribution in [2.75, 3.05) is 30.5 Å². The van der Waals surface area contributed by atoms with Crippen LogP contribution in [0.3, 0.4) is 0 Å². The van der Waals surface area contributed by atoms with Crippen LogP contribution < -0.4 is 19.7 Å². The van der Waals surface area contributed by atoms with Crippen LogP contribution in [-0.4, -0.2) is 32.1 Å². The number of rotatable bonds is 6. The van der Waals surface area contributed by atoms with E-state index in [1.165, 1.54) is 0 Å². The Balaban J connectivity index is 1.65. The standard InChI is InChI=1S/C20H22N2O4/c1-3-26-17-9-7-16(8-10-17)22-13-14(11-19(22)23)20(24)21-15-5-4-6-18(12-15)25-2/h4-10,12,14H,3,11,13H2,1-2H3,(H,21,24)/t14-/m0/s1. The fourth-order valence-electron chi connectivity index (χ4n) is 2.97. The zero-order valence-electron chi connectivity index (χ0n) is 14.9. The lowest BCUT2D eigenvalue weighted by Crippen LogP contribution is -2.28. The zero-order valence-corrected chi connectivity index (χ0v) is 14.9. The molecule has 1 atom stereocenters. The summed E-state index contributed by atoms with van der Waals surface area (Å²) in [4.78, 5) is 26.5. The van der Waals surface area contributed by atoms with Crippen LogP contribution in [-0.2, 0) is 9.59 Å². The summed E-state index contributed by atoms with van der Waals surface area (Å²) in [6.45, 7) is 2.88. The van der Waals surface area contributed by atoms with E-state index >= 15 is 0 Å². The van der Waals surface area contributed by atoms with Crippen LogP contribution in [0.2, 0.25) is 0 Å². The van der Waals surface area contributed by atoms with Crippen LogP contribution in [0.15, 0.2) is 48.5 Å². The average Bonchev–Trinajstić information content (AvgIpc) is 3.05. The molecule has 0 radical (unpaired) electrons. The van der Waals surface area contributed by atoms with Gasteiger partial charge in [0.15, 0.2) is 0 Å². The van der Waals surface area contributed by atoms with Gasteiger partial charge >= 0.3 is 0 Å². The number of methoxy groups -OCH3 is 1. The highest BCUT2D eigenvalue weighted by atomic mass is 16.5. The summed E-state index contributed by atoms with van der Waals surface area (Å²) in [5.74, 6) is 0.816. The number of nitrogens with zero attached hydrogens (tertiary/aromatic N) is 1. The Morgan fingerprint density at radius 2 is 1.96 bits per heavy atom. The molecule has 1 saturated heterocycles. The van der Waals surface area contributed by atoms with E-state index in [0.29, 0.717) is 24.6 Å². The lowest BCUT2D eigenvalue weighted by molar-refractivity contribution is -0.122. The SMILES string of the molecule is CCOc1ccc(N2C[C@@H](C(=O)Nc3cccc(OC)c3)CC2=O)cc1. The minimum absolute atomic E-state index is 0.0556. The highest BCUT2D eigenvalue weighted by molar-refractivity contribution is 6.03. The molecule has 0 unspecified atom stereocenters. The molecule has 1 aliphatic rings. The molecule has 1 aliphatic heterocycles. The molecule has 6 heteroatoms. The third-order valence-corrected chi connectivity index (χ3v) is 4.29. The van der Waals surface area contributed by atoms with E-state index in [4.69, 9.17) is 9.47 Å². The van der Waals surface area contributed by atoms with Crippen LogP contribution in [0.1, 0.15) is 13.3 Å². The van der Waals surface area contributed by atoms with Gasteiger partial charge in [-0.15, -0.1) is 0 Å². The Bertz CT molecular complexity index is 789. The summed E-state index contributed by atoms with van der Waals surface area (Å²) in [6, 6.07) is 14.5. The lowest BCUT2D eigenvalue weighted by Gasteiger charge is -2.17. The van der Waals surface area contributed by atoms with Gasteiger partial charge in [-0.1, -0.05) is 6.07 Å². The maximum Gasteiger partial charge on any atom is 0.229 e. The summed E-state index contributed by atoms with van der Waals surface area (Å²) in [5, 5.41) is 2.86. The largest absolute Gasteiger partial charge is 0.497 e. The van der Waals surface area contributed by atoms with Gasteiger partial charge in [-0.2, -0.15) is 0 Å². The third kappa shape index (κ3) is 3.96. The monoisotopic (exact) mass is 354 g/mol. The fraction of sp³-hybridized carbons (Fsp3) is 0.300. The third-order valence-electron chi connectivity index (χ3n) is 4.29. The molecule has 6 nitrogen and oxygen atoms in total. The Hall–Kier alpha value is -3.02. The van der Waals surface area contributed by atoms with Crippen LogP contribution in [0.25, 0.3) is 0 Å². The Morgan fingerprint density at radius 1 is 1.19 bits per heavy atom. The van der Waals surface area contributed by atoms with Crippen LogP contribution in [0, 0.1) is 5.92 Å². The number of ether oxygens (including phenoxy) is 2. The smallest absolute Gasteiger partial charge is 0.229 e. The first-order valence-corrected chi connectivity index (χ1v) is 8.59. The molecule has 0 spiro atoms. The molecule has 26 heavy (non-hydrogen) atoms. The van der Waals surface area contributed by atoms with E-state index in [9.17, 15) is 9.59 Å². The van der Waals surface area contributed by atoms with Crippen LogP contribution >= 0.6 is 0 Å². The second-order valence-electron chi connectivity index (χ2n) is 6.05. The quantitative estimate of drug-likeness (QED) is 0.866. The van der Waals surface area contributed by atoms with Crippen molar-refractivity contribution in [3.8, 4) is 11.5 Å². The number of hydrogen-bond donors (Lipinski definition) is 1. The van der Waals surface area contributed by atoms with E-state index in [1.807, 2.05) is 37.3 Å². The highest BCUT2D eigenvalue weighted by Crippen LogP contribution is 2.28. The fourth-order valence-corrected chi connectivity index (χ4v) is 2.97. The summed E-state index contributed by atoms with van der Waals surface area (Å²) >= 11 is 0. The first-order valence-electron chi connectivity index (χ1n) is 8.59. The molecular weight excluding hydrogens is 332 g/mol. The van der Waals surface area contributed by atoms with Crippen molar-refractivity contribution in [3.05, 3.63) is 48.5 Å². The molecule has 0 aromatic heterocycles. The van der Waals surface area contributed by atoms with Gasteiger partial charge in [0.1, 0.15) is 11.5 Å². The van der Waals surface area contributed by atoms with Gasteiger partial charge < -0.3 is 19.7 Å². The van der Waals surface area contributed by atoms with Gasteiger partial charge in [0, 0.05) is 30.4 Å². The number of benzene rings is 2. The van der Waals surface area contributed by atoms with Gasteiger partial charge in [0.2, 0.25) is 11.8 Å². The summed E-state index contributed by atoms with van der Waals surface area (Å²) in [6.07, 6.45) is 0.197. The predicted octanol–water partition coefficient (Wildman–Crippen LogP) is 3.09. The summed E-state index contributed by atoms with van der Waals surface area (Å²) < 4.78 is 10.6. The van der Waals surface area contributed by atoms with Gasteiger partial charge in [-0.05, 0) is 43.3 Å². The molecule has 0 saturated carbocycles. The maximum atomic E-state index is 12.5. The van der Waals surface area contributed by atoms with Crippen LogP contribution in [0.5, 0.6) is 11.5 Å². The van der Waals surface area contributed by atoms with Crippen molar-refractivity contribution in [1.29, 1.82) is 0 Å². The van der Waals surface area contributed by atoms with Crippen molar-refractivity contribution in [3.63, 3.8) is 0 Å². The number of anilines is 2. The Kier molecular flexibility index (Phi) is 5.41. The van der Waals surface area contributed by atoms with E-state index in [0.717, 1.165) is 11.4 Å². The van der Waals surface area contributed by atoms with Crippen molar-refractivity contribution in [2.45, 2.75) is 13.3 Å². The first-order chi connectivity index (χ1) is 12.6. The highest BCUT2D eigenvalue weighted by Gasteiger charge is 2.35. The molecular formula is C20H22N2O4. The first kappa shape index (κ1) is 17.8. The molecule has 0 bridgehead atoms. The topological polar surface area (TPSA) is 67.9 Å². The molecule has 2 aromatic rings. The van der Waals surface area contributed by atoms with Crippen LogP contribution in [0.4, 0.5) is 11.4 Å². The number of hydrogen-bond acceptors (Lipinski definition) is 4. The number of carbonyl (C=O) groups excluding carboxylic acids is 2. The Morgan fingerprint density at radius 3 is 2.65 bits per heavy atom. The van der Waals surface area contributed by atoms with Gasteiger partial charge in [0.05, 0.1) is 19.6 Å². The minimum Gasteiger partial charge on any atom is -0.497 e. The van der Waals surface area contributed by atoms with E-state index in [-0.39, 0.29) is 24.2 Å². The maximum absolute atomic E-state index is 12.5. The second-order valence-corrected chi connectivity index (χ2v) is 6.05. The molecule has 0 aliphatic carbocycles. The lowest BCUT2D eigenvalue weighted by atomic mass is 10.1. The average molecular weight is 354 g/mol. The van der Waals surface area contributed by atoms with E-state index in [2.05, 4.69) is 5.32 Å². The van der Waals surface area contributed by atoms with Gasteiger partial charge in [0.25, 0.3) is 0 Å². The molecule has 1 fully saturated rings. The molecule has 1 N–H and O–H groups in total. The molecule has 1 heterocycles. The van der Waals surface area contributed by atoms with Crippen molar-refractivity contribution < 1.29 is 19.1 Å². The summed E-state index contributed by atoms with van der Waals surface area (Å²) in [7, 11) is 1.57. The number of amides is 2. The summed E-state index contributed by atoms with van der Waals surface area (Å²) in [5.41, 5.74) is 1.43. The van der Waals surface area contributed by atoms with Gasteiger partial charge in [-0.25, -0.2) is 0 Å². The van der Waals surface area contributed by atoms with Crippen molar-refractivity contribution in [1.82, 2.24) is 0 Å². The molecule has 2 aromatic carbocycles. The van der Waals surface area contributed by atoms with E-state index in [1.54, 1.807) is 30.2 Å². The molecule has 136 valence electrons. The minimum atomic E-state index is -0.389. The number of carbonyl (C=O) groups is 2. The van der Waals surface area contributed by atoms with E-state index < -0.39 is 0 Å². The normalized spacial score (nSPS) is 16.5. The second kappa shape index (κ2) is 7.91. The van der Waals surface area contributed by atoms with Gasteiger partial charge in [-0.3, -0.25) is 9.59 Å². The Labute approximate surface area is 152 Å². The molecule has 2 amide bonds. The van der Waals surface area contributed by atoms with Crippen molar-refractivity contribution >= 4 is 23.2 Å². The zero-order chi connectivity index (χ0) is 18.5. The molecule has 3 rings (SSSR count). The number of nitrogens with one attached hydrogen (secondary N) is 1. The predicted molar refractivity (Wildman–Crippen MR) is 99.7 cm³/mol.